The van der Waals surface area contributed by atoms with E-state index in [-0.39, 0.29) is 23.7 Å². The zero-order chi connectivity index (χ0) is 13.1. The fraction of sp³-hybridized carbons (Fsp3) is 0.500. The Morgan fingerprint density at radius 1 is 0.947 bits per heavy atom. The third-order valence-electron chi connectivity index (χ3n) is 5.22. The highest BCUT2D eigenvalue weighted by Gasteiger charge is 2.61. The Bertz CT molecular complexity index is 535. The summed E-state index contributed by atoms with van der Waals surface area (Å²) < 4.78 is 0. The maximum absolute atomic E-state index is 12.6. The van der Waals surface area contributed by atoms with E-state index in [1.54, 1.807) is 0 Å². The first-order valence-electron chi connectivity index (χ1n) is 7.11. The maximum Gasteiger partial charge on any atom is 0.237 e. The normalized spacial score (nSPS) is 36.2. The highest BCUT2D eigenvalue weighted by molar-refractivity contribution is 6.22. The van der Waals surface area contributed by atoms with E-state index in [0.717, 1.165) is 30.5 Å². The predicted molar refractivity (Wildman–Crippen MR) is 71.5 cm³/mol. The second kappa shape index (κ2) is 3.69. The Morgan fingerprint density at radius 2 is 1.47 bits per heavy atom. The highest BCUT2D eigenvalue weighted by Crippen LogP contribution is 2.56. The molecule has 1 aromatic rings. The molecule has 3 nitrogen and oxygen atoms in total. The summed E-state index contributed by atoms with van der Waals surface area (Å²) in [7, 11) is 0. The summed E-state index contributed by atoms with van der Waals surface area (Å²) in [6.45, 7) is 2.01. The van der Waals surface area contributed by atoms with Crippen LogP contribution >= 0.6 is 0 Å². The number of imide groups is 1. The molecular formula is C16H17NO2. The quantitative estimate of drug-likeness (QED) is 0.723. The zero-order valence-electron chi connectivity index (χ0n) is 11.0. The number of carbonyl (C=O) groups is 2. The number of nitrogens with zero attached hydrogens (tertiary/aromatic N) is 1. The molecule has 4 atom stereocenters. The highest BCUT2D eigenvalue weighted by atomic mass is 16.2. The van der Waals surface area contributed by atoms with E-state index in [1.165, 1.54) is 4.90 Å². The molecular weight excluding hydrogens is 238 g/mol. The lowest BCUT2D eigenvalue weighted by atomic mass is 9.81. The first kappa shape index (κ1) is 11.2. The molecule has 19 heavy (non-hydrogen) atoms. The summed E-state index contributed by atoms with van der Waals surface area (Å²) in [5.41, 5.74) is 1.89. The lowest BCUT2D eigenvalue weighted by Gasteiger charge is -2.19. The molecule has 0 aromatic heterocycles. The van der Waals surface area contributed by atoms with Crippen molar-refractivity contribution in [2.75, 3.05) is 4.90 Å². The molecule has 1 aromatic carbocycles. The Morgan fingerprint density at radius 3 is 2.00 bits per heavy atom. The Balaban J connectivity index is 1.73. The minimum absolute atomic E-state index is 0.0208. The Hall–Kier alpha value is -1.64. The first-order chi connectivity index (χ1) is 9.16. The molecule has 3 aliphatic rings. The van der Waals surface area contributed by atoms with Gasteiger partial charge in [0, 0.05) is 0 Å². The van der Waals surface area contributed by atoms with Crippen molar-refractivity contribution in [1.82, 2.24) is 0 Å². The van der Waals surface area contributed by atoms with Gasteiger partial charge in [0.2, 0.25) is 11.8 Å². The number of rotatable bonds is 1. The number of hydrogen-bond acceptors (Lipinski definition) is 2. The number of anilines is 1. The molecule has 0 spiro atoms. The minimum atomic E-state index is -0.0208. The summed E-state index contributed by atoms with van der Waals surface area (Å²) in [5.74, 6) is 0.973. The second-order valence-corrected chi connectivity index (χ2v) is 6.23. The van der Waals surface area contributed by atoms with Crippen LogP contribution < -0.4 is 4.90 Å². The van der Waals surface area contributed by atoms with Crippen molar-refractivity contribution in [2.45, 2.75) is 26.2 Å². The summed E-state index contributed by atoms with van der Waals surface area (Å²) >= 11 is 0. The second-order valence-electron chi connectivity index (χ2n) is 6.23. The predicted octanol–water partition coefficient (Wildman–Crippen LogP) is 2.53. The zero-order valence-corrected chi connectivity index (χ0v) is 11.0. The first-order valence-corrected chi connectivity index (χ1v) is 7.11. The fourth-order valence-electron chi connectivity index (χ4n) is 4.36. The van der Waals surface area contributed by atoms with Crippen LogP contribution in [0, 0.1) is 30.6 Å². The molecule has 1 saturated heterocycles. The van der Waals surface area contributed by atoms with Crippen LogP contribution in [0.25, 0.3) is 0 Å². The van der Waals surface area contributed by atoms with Gasteiger partial charge in [-0.2, -0.15) is 0 Å². The topological polar surface area (TPSA) is 37.4 Å². The van der Waals surface area contributed by atoms with Crippen LogP contribution in [0.2, 0.25) is 0 Å². The molecule has 4 unspecified atom stereocenters. The van der Waals surface area contributed by atoms with Crippen LogP contribution in [0.1, 0.15) is 24.8 Å². The molecule has 0 N–H and O–H groups in total. The molecule has 3 heteroatoms. The molecule has 1 heterocycles. The van der Waals surface area contributed by atoms with Crippen LogP contribution in [-0.4, -0.2) is 11.8 Å². The van der Waals surface area contributed by atoms with Crippen LogP contribution in [-0.2, 0) is 9.59 Å². The van der Waals surface area contributed by atoms with Crippen molar-refractivity contribution in [1.29, 1.82) is 0 Å². The van der Waals surface area contributed by atoms with E-state index >= 15 is 0 Å². The molecule has 1 aliphatic heterocycles. The van der Waals surface area contributed by atoms with Crippen molar-refractivity contribution in [2.24, 2.45) is 23.7 Å². The van der Waals surface area contributed by atoms with Crippen LogP contribution in [0.15, 0.2) is 24.3 Å². The molecule has 2 saturated carbocycles. The van der Waals surface area contributed by atoms with Gasteiger partial charge in [0.05, 0.1) is 17.5 Å². The van der Waals surface area contributed by atoms with Gasteiger partial charge in [0.25, 0.3) is 0 Å². The van der Waals surface area contributed by atoms with Crippen molar-refractivity contribution in [3.8, 4) is 0 Å². The van der Waals surface area contributed by atoms with Gasteiger partial charge in [0.15, 0.2) is 0 Å². The number of aryl methyl sites for hydroxylation is 1. The summed E-state index contributed by atoms with van der Waals surface area (Å²) in [6, 6.07) is 7.68. The smallest absolute Gasteiger partial charge is 0.237 e. The maximum atomic E-state index is 12.6. The fourth-order valence-corrected chi connectivity index (χ4v) is 4.36. The number of benzene rings is 1. The molecule has 2 bridgehead atoms. The van der Waals surface area contributed by atoms with Gasteiger partial charge in [-0.05, 0) is 50.2 Å². The van der Waals surface area contributed by atoms with Gasteiger partial charge in [-0.15, -0.1) is 0 Å². The van der Waals surface area contributed by atoms with Gasteiger partial charge >= 0.3 is 0 Å². The summed E-state index contributed by atoms with van der Waals surface area (Å²) in [4.78, 5) is 26.6. The summed E-state index contributed by atoms with van der Waals surface area (Å²) in [5, 5.41) is 0. The van der Waals surface area contributed by atoms with Crippen molar-refractivity contribution >= 4 is 17.5 Å². The number of carbonyl (C=O) groups excluding carboxylic acids is 2. The molecule has 3 fully saturated rings. The lowest BCUT2D eigenvalue weighted by molar-refractivity contribution is -0.123. The van der Waals surface area contributed by atoms with E-state index in [4.69, 9.17) is 0 Å². The van der Waals surface area contributed by atoms with Crippen molar-refractivity contribution in [3.63, 3.8) is 0 Å². The number of amides is 2. The Labute approximate surface area is 112 Å². The largest absolute Gasteiger partial charge is 0.274 e. The third-order valence-corrected chi connectivity index (χ3v) is 5.22. The minimum Gasteiger partial charge on any atom is -0.274 e. The molecule has 2 aliphatic carbocycles. The van der Waals surface area contributed by atoms with Crippen molar-refractivity contribution in [3.05, 3.63) is 29.8 Å². The van der Waals surface area contributed by atoms with Gasteiger partial charge in [-0.25, -0.2) is 0 Å². The lowest BCUT2D eigenvalue weighted by Crippen LogP contribution is -2.32. The average molecular weight is 255 g/mol. The van der Waals surface area contributed by atoms with Crippen LogP contribution in [0.5, 0.6) is 0 Å². The summed E-state index contributed by atoms with van der Waals surface area (Å²) in [6.07, 6.45) is 3.35. The van der Waals surface area contributed by atoms with Gasteiger partial charge in [-0.3, -0.25) is 14.5 Å². The molecule has 2 amide bonds. The number of fused-ring (bicyclic) bond motifs is 5. The Kier molecular flexibility index (Phi) is 2.17. The van der Waals surface area contributed by atoms with Gasteiger partial charge in [0.1, 0.15) is 0 Å². The van der Waals surface area contributed by atoms with Gasteiger partial charge in [-0.1, -0.05) is 17.7 Å². The number of hydrogen-bond donors (Lipinski definition) is 0. The molecule has 98 valence electrons. The van der Waals surface area contributed by atoms with E-state index in [0.29, 0.717) is 11.8 Å². The van der Waals surface area contributed by atoms with E-state index in [9.17, 15) is 9.59 Å². The van der Waals surface area contributed by atoms with Crippen LogP contribution in [0.3, 0.4) is 0 Å². The van der Waals surface area contributed by atoms with Crippen molar-refractivity contribution < 1.29 is 9.59 Å². The monoisotopic (exact) mass is 255 g/mol. The SMILES string of the molecule is Cc1ccc(N2C(=O)C3C4CCC(C4)C3C2=O)cc1. The van der Waals surface area contributed by atoms with Crippen LogP contribution in [0.4, 0.5) is 5.69 Å². The third kappa shape index (κ3) is 1.38. The standard InChI is InChI=1S/C16H17NO2/c1-9-2-6-12(7-3-9)17-15(18)13-10-4-5-11(8-10)14(13)16(17)19/h2-3,6-7,10-11,13-14H,4-5,8H2,1H3. The van der Waals surface area contributed by atoms with E-state index in [1.807, 2.05) is 31.2 Å². The van der Waals surface area contributed by atoms with Gasteiger partial charge < -0.3 is 0 Å². The molecule has 0 radical (unpaired) electrons. The molecule has 4 rings (SSSR count). The average Bonchev–Trinajstić information content (AvgIpc) is 3.06. The van der Waals surface area contributed by atoms with E-state index in [2.05, 4.69) is 0 Å². The van der Waals surface area contributed by atoms with E-state index < -0.39 is 0 Å².